The lowest BCUT2D eigenvalue weighted by Crippen LogP contribution is -2.46. The van der Waals surface area contributed by atoms with E-state index in [9.17, 15) is 14.7 Å². The summed E-state index contributed by atoms with van der Waals surface area (Å²) in [6, 6.07) is 13.7. The van der Waals surface area contributed by atoms with Crippen molar-refractivity contribution in [3.05, 3.63) is 58.3 Å². The number of hydrogen-bond acceptors (Lipinski definition) is 3. The molecule has 1 aromatic carbocycles. The number of amides is 1. The zero-order valence-corrected chi connectivity index (χ0v) is 13.5. The van der Waals surface area contributed by atoms with Crippen LogP contribution in [0, 0.1) is 5.92 Å². The van der Waals surface area contributed by atoms with Crippen molar-refractivity contribution in [1.29, 1.82) is 0 Å². The summed E-state index contributed by atoms with van der Waals surface area (Å²) in [5.74, 6) is -1.22. The first-order valence-electron chi connectivity index (χ1n) is 7.71. The molecule has 0 aliphatic carbocycles. The number of thiophene rings is 1. The lowest BCUT2D eigenvalue weighted by Gasteiger charge is -2.36. The minimum absolute atomic E-state index is 0.0133. The van der Waals surface area contributed by atoms with Gasteiger partial charge in [0.2, 0.25) is 5.91 Å². The van der Waals surface area contributed by atoms with E-state index in [0.717, 1.165) is 10.4 Å². The highest BCUT2D eigenvalue weighted by Crippen LogP contribution is 2.31. The van der Waals surface area contributed by atoms with Crippen LogP contribution in [0.25, 0.3) is 0 Å². The maximum atomic E-state index is 12.6. The van der Waals surface area contributed by atoms with Gasteiger partial charge in [0.15, 0.2) is 0 Å². The van der Waals surface area contributed by atoms with Crippen LogP contribution in [0.5, 0.6) is 0 Å². The Morgan fingerprint density at radius 1 is 1.13 bits per heavy atom. The second-order valence-electron chi connectivity index (χ2n) is 5.93. The standard InChI is InChI=1S/C18H19NO3S/c20-17(10-16-7-4-8-23-16)19-11-14(9-15(12-19)18(21)22)13-5-2-1-3-6-13/h1-8,14-15H,9-12H2,(H,21,22)/t14-,15-/m1/s1. The molecule has 1 fully saturated rings. The SMILES string of the molecule is O=C(O)[C@@H]1C[C@@H](c2ccccc2)CN(C(=O)Cc2cccs2)C1. The van der Waals surface area contributed by atoms with Gasteiger partial charge in [-0.2, -0.15) is 0 Å². The first-order chi connectivity index (χ1) is 11.1. The molecule has 2 atom stereocenters. The van der Waals surface area contributed by atoms with E-state index < -0.39 is 11.9 Å². The molecule has 4 nitrogen and oxygen atoms in total. The van der Waals surface area contributed by atoms with Gasteiger partial charge < -0.3 is 10.0 Å². The van der Waals surface area contributed by atoms with Gasteiger partial charge in [-0.3, -0.25) is 9.59 Å². The summed E-state index contributed by atoms with van der Waals surface area (Å²) in [5, 5.41) is 11.4. The number of carboxylic acids is 1. The number of rotatable bonds is 4. The third-order valence-corrected chi connectivity index (χ3v) is 5.21. The number of carboxylic acid groups (broad SMARTS) is 1. The number of benzene rings is 1. The molecule has 1 aromatic heterocycles. The largest absolute Gasteiger partial charge is 0.481 e. The average Bonchev–Trinajstić information content (AvgIpc) is 3.08. The van der Waals surface area contributed by atoms with Crippen LogP contribution in [0.15, 0.2) is 47.8 Å². The van der Waals surface area contributed by atoms with Crippen molar-refractivity contribution in [2.45, 2.75) is 18.8 Å². The number of nitrogens with zero attached hydrogens (tertiary/aromatic N) is 1. The Morgan fingerprint density at radius 2 is 1.91 bits per heavy atom. The van der Waals surface area contributed by atoms with Gasteiger partial charge in [-0.25, -0.2) is 0 Å². The molecule has 5 heteroatoms. The predicted molar refractivity (Wildman–Crippen MR) is 89.5 cm³/mol. The van der Waals surface area contributed by atoms with Crippen LogP contribution in [0.1, 0.15) is 22.8 Å². The number of aliphatic carboxylic acids is 1. The smallest absolute Gasteiger partial charge is 0.308 e. The van der Waals surface area contributed by atoms with Crippen LogP contribution in [-0.4, -0.2) is 35.0 Å². The molecule has 23 heavy (non-hydrogen) atoms. The number of piperidine rings is 1. The highest BCUT2D eigenvalue weighted by atomic mass is 32.1. The molecule has 1 aliphatic rings. The third-order valence-electron chi connectivity index (χ3n) is 4.33. The van der Waals surface area contributed by atoms with E-state index in [0.29, 0.717) is 25.9 Å². The molecule has 1 aliphatic heterocycles. The van der Waals surface area contributed by atoms with Crippen molar-refractivity contribution in [1.82, 2.24) is 4.90 Å². The molecule has 2 aromatic rings. The van der Waals surface area contributed by atoms with E-state index in [1.54, 1.807) is 16.2 Å². The van der Waals surface area contributed by atoms with E-state index in [-0.39, 0.29) is 11.8 Å². The average molecular weight is 329 g/mol. The normalized spacial score (nSPS) is 21.1. The van der Waals surface area contributed by atoms with Crippen LogP contribution >= 0.6 is 11.3 Å². The zero-order chi connectivity index (χ0) is 16.2. The molecule has 0 unspecified atom stereocenters. The molecular formula is C18H19NO3S. The van der Waals surface area contributed by atoms with Gasteiger partial charge in [-0.1, -0.05) is 36.4 Å². The Hall–Kier alpha value is -2.14. The predicted octanol–water partition coefficient (Wildman–Crippen LogP) is 3.01. The van der Waals surface area contributed by atoms with Crippen molar-refractivity contribution >= 4 is 23.2 Å². The number of carbonyl (C=O) groups is 2. The lowest BCUT2D eigenvalue weighted by atomic mass is 9.84. The van der Waals surface area contributed by atoms with Crippen LogP contribution in [-0.2, 0) is 16.0 Å². The highest BCUT2D eigenvalue weighted by Gasteiger charge is 2.34. The second-order valence-corrected chi connectivity index (χ2v) is 6.97. The molecule has 1 N–H and O–H groups in total. The van der Waals surface area contributed by atoms with Crippen LogP contribution in [0.3, 0.4) is 0 Å². The van der Waals surface area contributed by atoms with E-state index in [4.69, 9.17) is 0 Å². The Kier molecular flexibility index (Phi) is 4.76. The van der Waals surface area contributed by atoms with Crippen LogP contribution < -0.4 is 0 Å². The molecule has 2 heterocycles. The Bertz CT molecular complexity index is 669. The topological polar surface area (TPSA) is 57.6 Å². The summed E-state index contributed by atoms with van der Waals surface area (Å²) in [7, 11) is 0. The Morgan fingerprint density at radius 3 is 2.57 bits per heavy atom. The van der Waals surface area contributed by atoms with Gasteiger partial charge >= 0.3 is 5.97 Å². The monoisotopic (exact) mass is 329 g/mol. The number of hydrogen-bond donors (Lipinski definition) is 1. The van der Waals surface area contributed by atoms with Gasteiger partial charge in [0.1, 0.15) is 0 Å². The third kappa shape index (κ3) is 3.79. The zero-order valence-electron chi connectivity index (χ0n) is 12.7. The first kappa shape index (κ1) is 15.7. The van der Waals surface area contributed by atoms with Crippen LogP contribution in [0.4, 0.5) is 0 Å². The molecule has 0 spiro atoms. The van der Waals surface area contributed by atoms with Crippen molar-refractivity contribution in [2.75, 3.05) is 13.1 Å². The minimum atomic E-state index is -0.820. The van der Waals surface area contributed by atoms with E-state index >= 15 is 0 Å². The second kappa shape index (κ2) is 6.96. The van der Waals surface area contributed by atoms with Crippen molar-refractivity contribution in [3.63, 3.8) is 0 Å². The summed E-state index contributed by atoms with van der Waals surface area (Å²) in [5.41, 5.74) is 1.10. The maximum Gasteiger partial charge on any atom is 0.308 e. The molecule has 1 saturated heterocycles. The van der Waals surface area contributed by atoms with Gasteiger partial charge in [-0.15, -0.1) is 11.3 Å². The summed E-state index contributed by atoms with van der Waals surface area (Å²) in [6.07, 6.45) is 0.938. The van der Waals surface area contributed by atoms with Gasteiger partial charge in [0.05, 0.1) is 12.3 Å². The maximum absolute atomic E-state index is 12.6. The highest BCUT2D eigenvalue weighted by molar-refractivity contribution is 7.10. The fraction of sp³-hybridized carbons (Fsp3) is 0.333. The van der Waals surface area contributed by atoms with Crippen molar-refractivity contribution in [2.24, 2.45) is 5.92 Å². The molecular weight excluding hydrogens is 310 g/mol. The Balaban J connectivity index is 1.76. The molecule has 0 radical (unpaired) electrons. The fourth-order valence-corrected chi connectivity index (χ4v) is 3.82. The summed E-state index contributed by atoms with van der Waals surface area (Å²) < 4.78 is 0. The van der Waals surface area contributed by atoms with Gasteiger partial charge in [0, 0.05) is 23.9 Å². The number of likely N-dealkylation sites (tertiary alicyclic amines) is 1. The number of carbonyl (C=O) groups excluding carboxylic acids is 1. The fourth-order valence-electron chi connectivity index (χ4n) is 3.12. The molecule has 3 rings (SSSR count). The quantitative estimate of drug-likeness (QED) is 0.938. The van der Waals surface area contributed by atoms with Crippen LogP contribution in [0.2, 0.25) is 0 Å². The van der Waals surface area contributed by atoms with E-state index in [1.165, 1.54) is 0 Å². The Labute approximate surface area is 139 Å². The first-order valence-corrected chi connectivity index (χ1v) is 8.59. The lowest BCUT2D eigenvalue weighted by molar-refractivity contribution is -0.146. The van der Waals surface area contributed by atoms with E-state index in [1.807, 2.05) is 47.8 Å². The minimum Gasteiger partial charge on any atom is -0.481 e. The van der Waals surface area contributed by atoms with Crippen molar-refractivity contribution < 1.29 is 14.7 Å². The summed E-state index contributed by atoms with van der Waals surface area (Å²) in [4.78, 5) is 26.8. The summed E-state index contributed by atoms with van der Waals surface area (Å²) in [6.45, 7) is 0.904. The van der Waals surface area contributed by atoms with Crippen molar-refractivity contribution in [3.8, 4) is 0 Å². The molecule has 120 valence electrons. The van der Waals surface area contributed by atoms with Gasteiger partial charge in [0.25, 0.3) is 0 Å². The summed E-state index contributed by atoms with van der Waals surface area (Å²) >= 11 is 1.56. The van der Waals surface area contributed by atoms with Gasteiger partial charge in [-0.05, 0) is 23.4 Å². The molecule has 1 amide bonds. The molecule has 0 bridgehead atoms. The molecule has 0 saturated carbocycles. The van der Waals surface area contributed by atoms with E-state index in [2.05, 4.69) is 0 Å².